The number of rotatable bonds is 10. The molecule has 1 rings (SSSR count). The van der Waals surface area contributed by atoms with Crippen LogP contribution in [-0.4, -0.2) is 41.7 Å². The third kappa shape index (κ3) is 6.11. The van der Waals surface area contributed by atoms with Crippen LogP contribution in [0.5, 0.6) is 0 Å². The number of carbonyl (C=O) groups is 1. The van der Waals surface area contributed by atoms with Gasteiger partial charge in [-0.2, -0.15) is 0 Å². The fourth-order valence-corrected chi connectivity index (χ4v) is 4.14. The number of aryl methyl sites for hydroxylation is 1. The van der Waals surface area contributed by atoms with Crippen molar-refractivity contribution in [1.82, 2.24) is 0 Å². The molecule has 0 heterocycles. The predicted octanol–water partition coefficient (Wildman–Crippen LogP) is 2.60. The van der Waals surface area contributed by atoms with Crippen molar-refractivity contribution in [2.45, 2.75) is 25.5 Å². The number of benzene rings is 1. The van der Waals surface area contributed by atoms with Gasteiger partial charge < -0.3 is 18.0 Å². The fourth-order valence-electron chi connectivity index (χ4n) is 1.98. The van der Waals surface area contributed by atoms with Gasteiger partial charge in [0.05, 0.1) is 6.10 Å². The average Bonchev–Trinajstić information content (AvgIpc) is 2.57. The Bertz CT molecular complexity index is 459. The number of carbonyl (C=O) groups excluding carboxylic acids is 1. The van der Waals surface area contributed by atoms with E-state index >= 15 is 0 Å². The molecule has 0 fully saturated rings. The molecule has 1 unspecified atom stereocenters. The van der Waals surface area contributed by atoms with Gasteiger partial charge >= 0.3 is 14.8 Å². The summed E-state index contributed by atoms with van der Waals surface area (Å²) in [5.41, 5.74) is 1.20. The van der Waals surface area contributed by atoms with Crippen LogP contribution >= 0.6 is 0 Å². The lowest BCUT2D eigenvalue weighted by Crippen LogP contribution is -2.47. The highest BCUT2D eigenvalue weighted by Gasteiger charge is 2.40. The lowest BCUT2D eigenvalue weighted by atomic mass is 10.2. The van der Waals surface area contributed by atoms with E-state index in [0.717, 1.165) is 12.5 Å². The van der Waals surface area contributed by atoms with Crippen molar-refractivity contribution in [2.24, 2.45) is 0 Å². The van der Waals surface area contributed by atoms with Crippen LogP contribution in [-0.2, 0) is 29.2 Å². The first-order valence-electron chi connectivity index (χ1n) is 7.16. The van der Waals surface area contributed by atoms with Crippen molar-refractivity contribution in [3.05, 3.63) is 48.6 Å². The van der Waals surface area contributed by atoms with Crippen molar-refractivity contribution in [3.8, 4) is 0 Å². The third-order valence-corrected chi connectivity index (χ3v) is 6.06. The van der Waals surface area contributed by atoms with Gasteiger partial charge in [-0.05, 0) is 18.9 Å². The maximum atomic E-state index is 11.1. The second kappa shape index (κ2) is 9.53. The zero-order chi connectivity index (χ0) is 16.4. The first kappa shape index (κ1) is 18.6. The summed E-state index contributed by atoms with van der Waals surface area (Å²) in [7, 11) is 0.384. The van der Waals surface area contributed by atoms with E-state index in [1.807, 2.05) is 25.1 Å². The topological polar surface area (TPSA) is 54.0 Å². The monoisotopic (exact) mass is 324 g/mol. The molecule has 0 aliphatic heterocycles. The number of hydrogen-bond acceptors (Lipinski definition) is 5. The molecular weight excluding hydrogens is 300 g/mol. The molecule has 0 radical (unpaired) electrons. The van der Waals surface area contributed by atoms with Crippen molar-refractivity contribution < 1.29 is 22.8 Å². The van der Waals surface area contributed by atoms with Crippen LogP contribution < -0.4 is 0 Å². The van der Waals surface area contributed by atoms with Gasteiger partial charge in [0.1, 0.15) is 6.61 Å². The zero-order valence-corrected chi connectivity index (χ0v) is 14.4. The fraction of sp³-hybridized carbons (Fsp3) is 0.438. The predicted molar refractivity (Wildman–Crippen MR) is 86.4 cm³/mol. The van der Waals surface area contributed by atoms with E-state index in [1.165, 1.54) is 5.56 Å². The Balaban J connectivity index is 2.57. The van der Waals surface area contributed by atoms with Crippen molar-refractivity contribution in [1.29, 1.82) is 0 Å². The van der Waals surface area contributed by atoms with Crippen LogP contribution in [0.25, 0.3) is 0 Å². The highest BCUT2D eigenvalue weighted by Crippen LogP contribution is 2.19. The molecule has 0 aromatic heterocycles. The minimum absolute atomic E-state index is 0.137. The minimum atomic E-state index is -2.79. The molecular formula is C16H24O5Si. The highest BCUT2D eigenvalue weighted by molar-refractivity contribution is 6.60. The molecule has 0 saturated carbocycles. The minimum Gasteiger partial charge on any atom is -0.460 e. The summed E-state index contributed by atoms with van der Waals surface area (Å²) in [6.07, 6.45) is 1.61. The van der Waals surface area contributed by atoms with E-state index in [0.29, 0.717) is 6.04 Å². The molecule has 5 nitrogen and oxygen atoms in total. The summed E-state index contributed by atoms with van der Waals surface area (Å²) in [6.45, 7) is 5.31. The normalized spacial score (nSPS) is 12.7. The zero-order valence-electron chi connectivity index (χ0n) is 13.4. The van der Waals surface area contributed by atoms with Gasteiger partial charge in [0.25, 0.3) is 0 Å². The van der Waals surface area contributed by atoms with Crippen LogP contribution in [0, 0.1) is 0 Å². The van der Waals surface area contributed by atoms with E-state index in [4.69, 9.17) is 18.0 Å². The van der Waals surface area contributed by atoms with E-state index in [1.54, 1.807) is 14.2 Å². The maximum Gasteiger partial charge on any atom is 0.501 e. The van der Waals surface area contributed by atoms with Crippen LogP contribution in [0.2, 0.25) is 6.04 Å². The number of hydrogen-bond donors (Lipinski definition) is 0. The Labute approximate surface area is 133 Å². The lowest BCUT2D eigenvalue weighted by molar-refractivity contribution is -0.140. The summed E-state index contributed by atoms with van der Waals surface area (Å²) in [5, 5.41) is 0. The quantitative estimate of drug-likeness (QED) is 0.376. The van der Waals surface area contributed by atoms with Crippen LogP contribution in [0.15, 0.2) is 43.0 Å². The van der Waals surface area contributed by atoms with Crippen LogP contribution in [0.3, 0.4) is 0 Å². The van der Waals surface area contributed by atoms with Crippen LogP contribution in [0.1, 0.15) is 12.5 Å². The highest BCUT2D eigenvalue weighted by atomic mass is 28.4. The molecule has 0 aliphatic carbocycles. The smallest absolute Gasteiger partial charge is 0.460 e. The Kier molecular flexibility index (Phi) is 8.04. The molecule has 0 aliphatic rings. The molecule has 0 bridgehead atoms. The Hall–Kier alpha value is -1.47. The summed E-state index contributed by atoms with van der Waals surface area (Å²) in [4.78, 5) is 11.1. The van der Waals surface area contributed by atoms with E-state index in [9.17, 15) is 4.79 Å². The molecule has 0 saturated heterocycles. The van der Waals surface area contributed by atoms with Gasteiger partial charge in [0.2, 0.25) is 0 Å². The first-order chi connectivity index (χ1) is 10.5. The van der Waals surface area contributed by atoms with Gasteiger partial charge in [-0.3, -0.25) is 0 Å². The lowest BCUT2D eigenvalue weighted by Gasteiger charge is -2.29. The Morgan fingerprint density at radius 1 is 1.27 bits per heavy atom. The summed E-state index contributed by atoms with van der Waals surface area (Å²) in [5.74, 6) is -0.471. The Morgan fingerprint density at radius 3 is 2.45 bits per heavy atom. The van der Waals surface area contributed by atoms with Crippen molar-refractivity contribution in [2.75, 3.05) is 20.8 Å². The van der Waals surface area contributed by atoms with Gasteiger partial charge in [-0.25, -0.2) is 4.79 Å². The first-order valence-corrected chi connectivity index (χ1v) is 9.09. The summed E-state index contributed by atoms with van der Waals surface area (Å²) in [6, 6.07) is 10.7. The molecule has 0 spiro atoms. The van der Waals surface area contributed by atoms with Crippen molar-refractivity contribution in [3.63, 3.8) is 0 Å². The SMILES string of the molecule is C=CC(=O)OCC(C)O[Si](CCc1ccccc1)(OC)OC. The molecule has 122 valence electrons. The number of esters is 1. The molecule has 6 heteroatoms. The van der Waals surface area contributed by atoms with E-state index < -0.39 is 14.8 Å². The third-order valence-electron chi connectivity index (χ3n) is 3.19. The van der Waals surface area contributed by atoms with Gasteiger partial charge in [0, 0.05) is 26.3 Å². The van der Waals surface area contributed by atoms with Gasteiger partial charge in [0.15, 0.2) is 0 Å². The Morgan fingerprint density at radius 2 is 1.91 bits per heavy atom. The molecule has 22 heavy (non-hydrogen) atoms. The second-order valence-electron chi connectivity index (χ2n) is 4.84. The van der Waals surface area contributed by atoms with Crippen LogP contribution in [0.4, 0.5) is 0 Å². The summed E-state index contributed by atoms with van der Waals surface area (Å²) < 4.78 is 22.0. The molecule has 1 aromatic carbocycles. The van der Waals surface area contributed by atoms with Gasteiger partial charge in [-0.15, -0.1) is 0 Å². The second-order valence-corrected chi connectivity index (χ2v) is 7.76. The number of ether oxygens (including phenoxy) is 1. The van der Waals surface area contributed by atoms with E-state index in [-0.39, 0.29) is 12.7 Å². The molecule has 0 amide bonds. The van der Waals surface area contributed by atoms with Crippen molar-refractivity contribution >= 4 is 14.8 Å². The standard InChI is InChI=1S/C16H24O5Si/c1-5-16(17)20-13-14(2)21-22(18-3,19-4)12-11-15-9-7-6-8-10-15/h5-10,14H,1,11-13H2,2-4H3. The average molecular weight is 324 g/mol. The maximum absolute atomic E-state index is 11.1. The van der Waals surface area contributed by atoms with E-state index in [2.05, 4.69) is 18.7 Å². The molecule has 1 atom stereocenters. The largest absolute Gasteiger partial charge is 0.501 e. The summed E-state index contributed by atoms with van der Waals surface area (Å²) >= 11 is 0. The van der Waals surface area contributed by atoms with Gasteiger partial charge in [-0.1, -0.05) is 36.9 Å². The molecule has 0 N–H and O–H groups in total. The molecule has 1 aromatic rings.